The molecule has 0 saturated carbocycles. The Hall–Kier alpha value is -3.92. The van der Waals surface area contributed by atoms with Gasteiger partial charge in [0.2, 0.25) is 5.91 Å². The minimum atomic E-state index is -3.16. The Kier molecular flexibility index (Phi) is 11.5. The summed E-state index contributed by atoms with van der Waals surface area (Å²) in [4.78, 5) is 52.3. The van der Waals surface area contributed by atoms with Crippen LogP contribution >= 0.6 is 6.89 Å². The van der Waals surface area contributed by atoms with E-state index in [0.717, 1.165) is 15.9 Å². The number of esters is 2. The normalized spacial score (nSPS) is 16.3. The average Bonchev–Trinajstić information content (AvgIpc) is 3.05. The molecule has 4 aromatic rings. The van der Waals surface area contributed by atoms with Crippen molar-refractivity contribution in [3.63, 3.8) is 0 Å². The van der Waals surface area contributed by atoms with Gasteiger partial charge in [-0.05, 0) is 40.5 Å². The van der Waals surface area contributed by atoms with Gasteiger partial charge in [0.05, 0.1) is 10.8 Å². The second-order valence-corrected chi connectivity index (χ2v) is 14.2. The maximum atomic E-state index is 14.6. The zero-order valence-electron chi connectivity index (χ0n) is 24.8. The van der Waals surface area contributed by atoms with Crippen LogP contribution in [0.15, 0.2) is 115 Å². The van der Waals surface area contributed by atoms with Crippen LogP contribution in [-0.4, -0.2) is 44.6 Å². The minimum Gasteiger partial charge on any atom is -0.767 e. The van der Waals surface area contributed by atoms with E-state index in [1.54, 1.807) is 6.92 Å². The third kappa shape index (κ3) is 6.77. The van der Waals surface area contributed by atoms with Gasteiger partial charge >= 0.3 is 34.3 Å². The van der Waals surface area contributed by atoms with E-state index in [1.165, 1.54) is 36.1 Å². The van der Waals surface area contributed by atoms with Crippen molar-refractivity contribution < 1.29 is 51.2 Å². The van der Waals surface area contributed by atoms with Crippen molar-refractivity contribution >= 4 is 64.4 Å². The molecule has 1 saturated heterocycles. The molecular weight excluding hydrogens is 719 g/mol. The predicted molar refractivity (Wildman–Crippen MR) is 176 cm³/mol. The molecule has 240 valence electrons. The van der Waals surface area contributed by atoms with Gasteiger partial charge < -0.3 is 27.0 Å². The van der Waals surface area contributed by atoms with Crippen molar-refractivity contribution in [1.29, 1.82) is 0 Å². The molecule has 1 aliphatic heterocycles. The Labute approximate surface area is 288 Å². The number of hydrogen-bond donors (Lipinski definition) is 0. The Morgan fingerprint density at radius 1 is 0.870 bits per heavy atom. The molecule has 0 aliphatic carbocycles. The zero-order valence-corrected chi connectivity index (χ0v) is 28.0. The van der Waals surface area contributed by atoms with Crippen LogP contribution in [0.4, 0.5) is 5.69 Å². The van der Waals surface area contributed by atoms with Crippen LogP contribution in [0.25, 0.3) is 0 Å². The molecule has 1 fully saturated rings. The summed E-state index contributed by atoms with van der Waals surface area (Å²) in [6.45, 7) is -0.481. The van der Waals surface area contributed by atoms with Crippen molar-refractivity contribution in [3.05, 3.63) is 131 Å². The summed E-state index contributed by atoms with van der Waals surface area (Å²) in [5, 5.41) is 12.6. The van der Waals surface area contributed by atoms with Gasteiger partial charge in [0.25, 0.3) is 5.69 Å². The molecule has 3 unspecified atom stereocenters. The molecule has 0 radical (unpaired) electrons. The smallest absolute Gasteiger partial charge is 0.767 e. The summed E-state index contributed by atoms with van der Waals surface area (Å²) in [6, 6.07) is 34.2. The molecule has 0 N–H and O–H groups in total. The Balaban J connectivity index is 0.00000480. The number of amides is 1. The molecule has 0 bridgehead atoms. The summed E-state index contributed by atoms with van der Waals surface area (Å²) in [7, 11) is 0. The van der Waals surface area contributed by atoms with E-state index in [2.05, 4.69) is 0 Å². The van der Waals surface area contributed by atoms with E-state index >= 15 is 0 Å². The van der Waals surface area contributed by atoms with Crippen LogP contribution in [0.5, 0.6) is 0 Å². The summed E-state index contributed by atoms with van der Waals surface area (Å²) in [5.74, 6) is -2.58. The number of benzene rings is 4. The third-order valence-corrected chi connectivity index (χ3v) is 12.4. The van der Waals surface area contributed by atoms with Gasteiger partial charge in [0.15, 0.2) is 0 Å². The van der Waals surface area contributed by atoms with Crippen molar-refractivity contribution in [2.75, 3.05) is 0 Å². The minimum absolute atomic E-state index is 0. The van der Waals surface area contributed by atoms with Gasteiger partial charge in [0.1, 0.15) is 18.1 Å². The second-order valence-electron chi connectivity index (χ2n) is 10.4. The number of non-ortho nitro benzene ring substituents is 1. The standard InChI is InChI=1S/C34H31N2O7PS.Ag/c1-23(43-24(2)37)30-31(38)35(33(30)45)32(34(39)42-22-25-18-20-26(21-19-25)36(40)41)44(27-12-6-3-7-13-27,28-14-8-4-9-15-28)29-16-10-5-11-17-29;/h3-21,23,30,33,45H,22H2,1-2H3;/q;+1/p-1. The van der Waals surface area contributed by atoms with Crippen LogP contribution in [0.2, 0.25) is 0 Å². The molecule has 1 aliphatic rings. The monoisotopic (exact) mass is 748 g/mol. The van der Waals surface area contributed by atoms with Crippen LogP contribution in [0, 0.1) is 16.0 Å². The zero-order chi connectivity index (χ0) is 32.1. The summed E-state index contributed by atoms with van der Waals surface area (Å²) in [5.41, 5.74) is 0.541. The maximum Gasteiger partial charge on any atom is 1.00 e. The Bertz CT molecular complexity index is 1670. The fourth-order valence-electron chi connectivity index (χ4n) is 5.57. The van der Waals surface area contributed by atoms with Crippen LogP contribution in [0.1, 0.15) is 19.4 Å². The number of rotatable bonds is 10. The first kappa shape index (κ1) is 34.9. The molecule has 4 aromatic carbocycles. The van der Waals surface area contributed by atoms with Gasteiger partial charge in [-0.25, -0.2) is 4.79 Å². The van der Waals surface area contributed by atoms with Gasteiger partial charge in [-0.2, -0.15) is 0 Å². The SMILES string of the molecule is CC(=O)OC(C)C1C(=O)N(C(C(=O)OCc2ccc([N+](=O)[O-])cc2)=P(c2ccccc2)(c2ccccc2)c2ccccc2)C1[S-].[Ag+]. The molecule has 12 heteroatoms. The predicted octanol–water partition coefficient (Wildman–Crippen LogP) is 4.04. The van der Waals surface area contributed by atoms with E-state index in [0.29, 0.717) is 5.56 Å². The molecule has 1 amide bonds. The average molecular weight is 750 g/mol. The number of hydrogen-bond acceptors (Lipinski definition) is 8. The van der Waals surface area contributed by atoms with Gasteiger partial charge in [-0.1, -0.05) is 96.4 Å². The van der Waals surface area contributed by atoms with E-state index in [-0.39, 0.29) is 40.1 Å². The largest absolute Gasteiger partial charge is 1.00 e. The number of nitrogens with zero attached hydrogens (tertiary/aromatic N) is 2. The van der Waals surface area contributed by atoms with Crippen LogP contribution in [-0.2, 0) is 65.5 Å². The molecule has 0 spiro atoms. The molecule has 5 rings (SSSR count). The van der Waals surface area contributed by atoms with Gasteiger partial charge in [0, 0.05) is 25.9 Å². The number of β-lactam (4-membered cyclic amide) rings is 1. The molecular formula is C34H30AgN2O7PS. The summed E-state index contributed by atoms with van der Waals surface area (Å²) < 4.78 is 11.3. The first-order chi connectivity index (χ1) is 21.7. The van der Waals surface area contributed by atoms with Crippen molar-refractivity contribution in [1.82, 2.24) is 4.90 Å². The van der Waals surface area contributed by atoms with Crippen molar-refractivity contribution in [2.24, 2.45) is 5.92 Å². The number of nitro benzene ring substituents is 1. The van der Waals surface area contributed by atoms with E-state index in [1.807, 2.05) is 91.0 Å². The van der Waals surface area contributed by atoms with E-state index < -0.39 is 47.1 Å². The first-order valence-corrected chi connectivity index (χ1v) is 16.4. The molecule has 46 heavy (non-hydrogen) atoms. The first-order valence-electron chi connectivity index (χ1n) is 14.2. The fourth-order valence-corrected chi connectivity index (χ4v) is 10.6. The van der Waals surface area contributed by atoms with Crippen molar-refractivity contribution in [2.45, 2.75) is 31.9 Å². The number of carbonyl (C=O) groups excluding carboxylic acids is 3. The van der Waals surface area contributed by atoms with Crippen molar-refractivity contribution in [3.8, 4) is 0 Å². The van der Waals surface area contributed by atoms with E-state index in [9.17, 15) is 24.5 Å². The van der Waals surface area contributed by atoms with Gasteiger partial charge in [-0.3, -0.25) is 19.7 Å². The Morgan fingerprint density at radius 2 is 1.33 bits per heavy atom. The quantitative estimate of drug-likeness (QED) is 0.0454. The molecule has 0 aromatic heterocycles. The molecule has 9 nitrogen and oxygen atoms in total. The van der Waals surface area contributed by atoms with E-state index in [4.69, 9.17) is 22.1 Å². The topological polar surface area (TPSA) is 116 Å². The van der Waals surface area contributed by atoms with Crippen LogP contribution < -0.4 is 15.9 Å². The number of likely N-dealkylation sites (tertiary alicyclic amines) is 1. The molecule has 1 heterocycles. The number of nitro groups is 1. The maximum absolute atomic E-state index is 14.6. The Morgan fingerprint density at radius 3 is 1.72 bits per heavy atom. The fraction of sp³-hybridized carbons (Fsp3) is 0.176. The number of ether oxygens (including phenoxy) is 2. The van der Waals surface area contributed by atoms with Gasteiger partial charge in [-0.15, -0.1) is 0 Å². The summed E-state index contributed by atoms with van der Waals surface area (Å²) >= 11 is 5.89. The molecule has 3 atom stereocenters. The number of carbonyl (C=O) groups is 3. The summed E-state index contributed by atoms with van der Waals surface area (Å²) in [6.07, 6.45) is -0.802. The third-order valence-electron chi connectivity index (χ3n) is 7.62. The second kappa shape index (κ2) is 15.1. The van der Waals surface area contributed by atoms with Crippen LogP contribution in [0.3, 0.4) is 0 Å².